The number of nitrogens with zero attached hydrogens (tertiary/aromatic N) is 1. The van der Waals surface area contributed by atoms with Crippen molar-refractivity contribution in [3.63, 3.8) is 0 Å². The van der Waals surface area contributed by atoms with Crippen molar-refractivity contribution >= 4 is 5.78 Å². The zero-order chi connectivity index (χ0) is 18.0. The molecule has 1 saturated carbocycles. The van der Waals surface area contributed by atoms with Gasteiger partial charge in [0.1, 0.15) is 5.78 Å². The van der Waals surface area contributed by atoms with Gasteiger partial charge >= 0.3 is 0 Å². The molecule has 0 unspecified atom stereocenters. The van der Waals surface area contributed by atoms with Gasteiger partial charge in [-0.15, -0.1) is 0 Å². The lowest BCUT2D eigenvalue weighted by atomic mass is 9.66. The highest BCUT2D eigenvalue weighted by molar-refractivity contribution is 5.90. The molecule has 0 amide bonds. The third kappa shape index (κ3) is 5.39. The van der Waals surface area contributed by atoms with Crippen molar-refractivity contribution in [3.05, 3.63) is 35.9 Å². The van der Waals surface area contributed by atoms with Gasteiger partial charge in [0.05, 0.1) is 18.6 Å². The highest BCUT2D eigenvalue weighted by atomic mass is 16.5. The minimum absolute atomic E-state index is 0.204. The Morgan fingerprint density at radius 3 is 2.32 bits per heavy atom. The third-order valence-electron chi connectivity index (χ3n) is 5.55. The predicted molar refractivity (Wildman–Crippen MR) is 104 cm³/mol. The van der Waals surface area contributed by atoms with Gasteiger partial charge in [0.15, 0.2) is 0 Å². The van der Waals surface area contributed by atoms with Crippen LogP contribution in [0.25, 0.3) is 0 Å². The van der Waals surface area contributed by atoms with E-state index in [9.17, 15) is 4.79 Å². The van der Waals surface area contributed by atoms with E-state index in [-0.39, 0.29) is 5.41 Å². The van der Waals surface area contributed by atoms with Crippen LogP contribution in [0.5, 0.6) is 0 Å². The van der Waals surface area contributed by atoms with Crippen molar-refractivity contribution in [1.82, 2.24) is 4.90 Å². The summed E-state index contributed by atoms with van der Waals surface area (Å²) in [7, 11) is 0. The summed E-state index contributed by atoms with van der Waals surface area (Å²) in [5, 5.41) is 0. The number of Topliss-reactive ketones (excluding diaryl/α,β-unsaturated/α-hetero) is 1. The lowest BCUT2D eigenvalue weighted by Gasteiger charge is -2.37. The molecule has 3 rings (SSSR count). The molecule has 0 atom stereocenters. The molecule has 1 aliphatic heterocycles. The van der Waals surface area contributed by atoms with Crippen molar-refractivity contribution in [2.75, 3.05) is 32.8 Å². The summed E-state index contributed by atoms with van der Waals surface area (Å²) in [4.78, 5) is 15.5. The van der Waals surface area contributed by atoms with E-state index in [1.807, 2.05) is 19.9 Å². The first-order valence-electron chi connectivity index (χ1n) is 10.2. The van der Waals surface area contributed by atoms with Crippen molar-refractivity contribution in [2.45, 2.75) is 64.2 Å². The summed E-state index contributed by atoms with van der Waals surface area (Å²) in [5.74, 6) is 0.469. The maximum Gasteiger partial charge on any atom is 0.143 e. The van der Waals surface area contributed by atoms with Crippen LogP contribution >= 0.6 is 0 Å². The van der Waals surface area contributed by atoms with Gasteiger partial charge in [-0.25, -0.2) is 0 Å². The first-order valence-corrected chi connectivity index (χ1v) is 10.2. The fraction of sp³-hybridized carbons (Fsp3) is 0.682. The van der Waals surface area contributed by atoms with Crippen molar-refractivity contribution in [3.8, 4) is 0 Å². The van der Waals surface area contributed by atoms with Gasteiger partial charge in [-0.05, 0) is 31.4 Å². The van der Waals surface area contributed by atoms with Gasteiger partial charge in [-0.3, -0.25) is 9.69 Å². The molecule has 0 N–H and O–H groups in total. The first kappa shape index (κ1) is 20.1. The summed E-state index contributed by atoms with van der Waals surface area (Å²) in [6.45, 7) is 8.72. The Balaban J connectivity index is 0.00000109. The molecule has 0 aromatic heterocycles. The molecule has 1 heterocycles. The Bertz CT molecular complexity index is 488. The summed E-state index contributed by atoms with van der Waals surface area (Å²) < 4.78 is 5.39. The Morgan fingerprint density at radius 2 is 1.68 bits per heavy atom. The average molecular weight is 346 g/mol. The van der Waals surface area contributed by atoms with Crippen LogP contribution < -0.4 is 0 Å². The van der Waals surface area contributed by atoms with Crippen molar-refractivity contribution < 1.29 is 9.53 Å². The molecule has 1 saturated heterocycles. The van der Waals surface area contributed by atoms with Gasteiger partial charge in [0, 0.05) is 19.5 Å². The fourth-order valence-corrected chi connectivity index (χ4v) is 4.17. The van der Waals surface area contributed by atoms with E-state index in [1.54, 1.807) is 0 Å². The lowest BCUT2D eigenvalue weighted by Crippen LogP contribution is -2.39. The van der Waals surface area contributed by atoms with E-state index in [4.69, 9.17) is 4.74 Å². The van der Waals surface area contributed by atoms with E-state index < -0.39 is 0 Å². The number of ether oxygens (including phenoxy) is 1. The van der Waals surface area contributed by atoms with Crippen molar-refractivity contribution in [2.24, 2.45) is 0 Å². The summed E-state index contributed by atoms with van der Waals surface area (Å²) in [5.41, 5.74) is 1.04. The van der Waals surface area contributed by atoms with E-state index in [2.05, 4.69) is 29.2 Å². The highest BCUT2D eigenvalue weighted by Gasteiger charge is 2.39. The van der Waals surface area contributed by atoms with E-state index in [0.717, 1.165) is 52.1 Å². The van der Waals surface area contributed by atoms with Crippen LogP contribution in [0, 0.1) is 0 Å². The maximum absolute atomic E-state index is 13.1. The van der Waals surface area contributed by atoms with Crippen LogP contribution in [0.3, 0.4) is 0 Å². The number of carbonyl (C=O) groups excluding carboxylic acids is 1. The minimum Gasteiger partial charge on any atom is -0.379 e. The van der Waals surface area contributed by atoms with Crippen LogP contribution in [-0.4, -0.2) is 43.5 Å². The molecular formula is C22H35NO2. The van der Waals surface area contributed by atoms with Gasteiger partial charge in [-0.2, -0.15) is 0 Å². The van der Waals surface area contributed by atoms with E-state index >= 15 is 0 Å². The Kier molecular flexibility index (Phi) is 8.63. The summed E-state index contributed by atoms with van der Waals surface area (Å²) >= 11 is 0. The largest absolute Gasteiger partial charge is 0.379 e. The molecule has 0 spiro atoms. The number of hydrogen-bond donors (Lipinski definition) is 0. The van der Waals surface area contributed by atoms with Crippen LogP contribution in [0.4, 0.5) is 0 Å². The minimum atomic E-state index is -0.204. The Morgan fingerprint density at radius 1 is 1.04 bits per heavy atom. The SMILES string of the molecule is CC.O=C(CCCN1CCOCC1)C1(c2ccccc2)CCCCC1. The maximum atomic E-state index is 13.1. The molecule has 140 valence electrons. The van der Waals surface area contributed by atoms with Gasteiger partial charge in [0.2, 0.25) is 0 Å². The third-order valence-corrected chi connectivity index (χ3v) is 5.55. The molecule has 0 radical (unpaired) electrons. The molecule has 2 aliphatic rings. The molecule has 3 heteroatoms. The van der Waals surface area contributed by atoms with Gasteiger partial charge < -0.3 is 4.74 Å². The molecule has 0 bridgehead atoms. The topological polar surface area (TPSA) is 29.5 Å². The van der Waals surface area contributed by atoms with Crippen LogP contribution in [0.1, 0.15) is 64.4 Å². The van der Waals surface area contributed by atoms with Crippen molar-refractivity contribution in [1.29, 1.82) is 0 Å². The second kappa shape index (κ2) is 10.7. The highest BCUT2D eigenvalue weighted by Crippen LogP contribution is 2.41. The second-order valence-electron chi connectivity index (χ2n) is 6.99. The fourth-order valence-electron chi connectivity index (χ4n) is 4.17. The molecule has 25 heavy (non-hydrogen) atoms. The smallest absolute Gasteiger partial charge is 0.143 e. The van der Waals surface area contributed by atoms with Crippen LogP contribution in [0.2, 0.25) is 0 Å². The standard InChI is InChI=1S/C20H29NO2.C2H6/c22-19(10-7-13-21-14-16-23-17-15-21)20(11-5-2-6-12-20)18-8-3-1-4-9-18;1-2/h1,3-4,8-9H,2,5-7,10-17H2;1-2H3. The summed E-state index contributed by atoms with van der Waals surface area (Å²) in [6.07, 6.45) is 7.41. The Labute approximate surface area is 153 Å². The summed E-state index contributed by atoms with van der Waals surface area (Å²) in [6, 6.07) is 10.5. The molecule has 2 fully saturated rings. The number of benzene rings is 1. The van der Waals surface area contributed by atoms with Crippen LogP contribution in [0.15, 0.2) is 30.3 Å². The molecule has 1 aromatic rings. The number of carbonyl (C=O) groups is 1. The molecular weight excluding hydrogens is 310 g/mol. The first-order chi connectivity index (χ1) is 12.3. The average Bonchev–Trinajstić information content (AvgIpc) is 2.71. The normalized spacial score (nSPS) is 20.4. The zero-order valence-electron chi connectivity index (χ0n) is 16.1. The van der Waals surface area contributed by atoms with Gasteiger partial charge in [0.25, 0.3) is 0 Å². The number of rotatable bonds is 6. The second-order valence-corrected chi connectivity index (χ2v) is 6.99. The quantitative estimate of drug-likeness (QED) is 0.755. The molecule has 3 nitrogen and oxygen atoms in total. The van der Waals surface area contributed by atoms with E-state index in [0.29, 0.717) is 12.2 Å². The number of ketones is 1. The van der Waals surface area contributed by atoms with Crippen LogP contribution in [-0.2, 0) is 14.9 Å². The lowest BCUT2D eigenvalue weighted by molar-refractivity contribution is -0.126. The monoisotopic (exact) mass is 345 g/mol. The van der Waals surface area contributed by atoms with Gasteiger partial charge in [-0.1, -0.05) is 63.4 Å². The predicted octanol–water partition coefficient (Wildman–Crippen LogP) is 4.60. The van der Waals surface area contributed by atoms with E-state index in [1.165, 1.54) is 24.8 Å². The zero-order valence-corrected chi connectivity index (χ0v) is 16.1. The molecule has 1 aromatic carbocycles. The molecule has 1 aliphatic carbocycles. The number of hydrogen-bond acceptors (Lipinski definition) is 3. The number of morpholine rings is 1. The Hall–Kier alpha value is -1.19.